The maximum atomic E-state index is 5.26. The molecule has 90 valence electrons. The van der Waals surface area contributed by atoms with E-state index >= 15 is 0 Å². The molecule has 1 unspecified atom stereocenters. The molecule has 0 amide bonds. The number of nitrogens with zero attached hydrogens (tertiary/aromatic N) is 3. The lowest BCUT2D eigenvalue weighted by Crippen LogP contribution is -2.38. The van der Waals surface area contributed by atoms with Crippen LogP contribution in [0.5, 0.6) is 0 Å². The molecule has 17 heavy (non-hydrogen) atoms. The van der Waals surface area contributed by atoms with Crippen molar-refractivity contribution in [2.75, 3.05) is 18.1 Å². The molecule has 5 nitrogen and oxygen atoms in total. The first-order valence-corrected chi connectivity index (χ1v) is 7.48. The van der Waals surface area contributed by atoms with Crippen molar-refractivity contribution < 1.29 is 4.52 Å². The van der Waals surface area contributed by atoms with Crippen molar-refractivity contribution in [3.63, 3.8) is 0 Å². The zero-order chi connectivity index (χ0) is 11.5. The normalized spacial score (nSPS) is 20.6. The Bertz CT molecular complexity index is 464. The monoisotopic (exact) mass is 268 g/mol. The molecule has 3 rings (SSSR count). The number of nitrogens with one attached hydrogen (secondary N) is 1. The van der Waals surface area contributed by atoms with E-state index < -0.39 is 0 Å². The van der Waals surface area contributed by atoms with Crippen molar-refractivity contribution in [2.45, 2.75) is 12.5 Å². The third kappa shape index (κ3) is 2.67. The molecule has 1 saturated heterocycles. The fraction of sp³-hybridized carbons (Fsp3) is 0.500. The lowest BCUT2D eigenvalue weighted by atomic mass is 10.2. The molecule has 0 aromatic carbocycles. The van der Waals surface area contributed by atoms with Gasteiger partial charge in [0.2, 0.25) is 11.7 Å². The van der Waals surface area contributed by atoms with Crippen LogP contribution in [0, 0.1) is 0 Å². The topological polar surface area (TPSA) is 63.8 Å². The number of hydrogen-bond donors (Lipinski definition) is 1. The van der Waals surface area contributed by atoms with Gasteiger partial charge in [-0.25, -0.2) is 0 Å². The minimum Gasteiger partial charge on any atom is -0.339 e. The van der Waals surface area contributed by atoms with Crippen molar-refractivity contribution in [3.8, 4) is 10.7 Å². The molecule has 0 radical (unpaired) electrons. The predicted molar refractivity (Wildman–Crippen MR) is 68.2 cm³/mol. The first-order valence-electron chi connectivity index (χ1n) is 5.44. The molecule has 0 aliphatic carbocycles. The fourth-order valence-electron chi connectivity index (χ4n) is 1.73. The number of rotatable bonds is 3. The van der Waals surface area contributed by atoms with E-state index in [1.54, 1.807) is 11.7 Å². The molecule has 1 N–H and O–H groups in total. The van der Waals surface area contributed by atoms with Crippen LogP contribution in [0.25, 0.3) is 10.7 Å². The summed E-state index contributed by atoms with van der Waals surface area (Å²) in [7, 11) is 0. The molecule has 2 aromatic heterocycles. The molecule has 1 aliphatic rings. The van der Waals surface area contributed by atoms with Gasteiger partial charge >= 0.3 is 0 Å². The van der Waals surface area contributed by atoms with Crippen LogP contribution in [0.2, 0.25) is 0 Å². The molecule has 1 fully saturated rings. The Morgan fingerprint density at radius 1 is 1.53 bits per heavy atom. The van der Waals surface area contributed by atoms with E-state index in [0.717, 1.165) is 23.6 Å². The third-order valence-corrected chi connectivity index (χ3v) is 4.44. The van der Waals surface area contributed by atoms with E-state index in [1.807, 2.05) is 11.8 Å². The highest BCUT2D eigenvalue weighted by Gasteiger charge is 2.17. The van der Waals surface area contributed by atoms with Gasteiger partial charge in [0.05, 0.1) is 10.4 Å². The quantitative estimate of drug-likeness (QED) is 0.909. The molecule has 2 aromatic rings. The van der Waals surface area contributed by atoms with Crippen LogP contribution in [-0.4, -0.2) is 39.2 Å². The van der Waals surface area contributed by atoms with Crippen LogP contribution in [0.1, 0.15) is 5.89 Å². The number of thioether (sulfide) groups is 1. The summed E-state index contributed by atoms with van der Waals surface area (Å²) >= 11 is 3.49. The molecule has 0 bridgehead atoms. The minimum atomic E-state index is 0.448. The second-order valence-corrected chi connectivity index (χ2v) is 5.84. The first kappa shape index (κ1) is 11.2. The van der Waals surface area contributed by atoms with Crippen molar-refractivity contribution in [3.05, 3.63) is 17.6 Å². The molecule has 7 heteroatoms. The van der Waals surface area contributed by atoms with Crippen molar-refractivity contribution in [1.82, 2.24) is 20.4 Å². The summed E-state index contributed by atoms with van der Waals surface area (Å²) in [4.78, 5) is 9.34. The predicted octanol–water partition coefficient (Wildman–Crippen LogP) is 1.44. The average molecular weight is 268 g/mol. The highest BCUT2D eigenvalue weighted by molar-refractivity contribution is 7.99. The molecule has 3 heterocycles. The second kappa shape index (κ2) is 5.16. The second-order valence-electron chi connectivity index (χ2n) is 3.81. The Kier molecular flexibility index (Phi) is 3.39. The highest BCUT2D eigenvalue weighted by atomic mass is 32.2. The molecular weight excluding hydrogens is 256 g/mol. The number of aromatic nitrogens is 3. The Morgan fingerprint density at radius 3 is 3.29 bits per heavy atom. The summed E-state index contributed by atoms with van der Waals surface area (Å²) in [5, 5.41) is 7.43. The van der Waals surface area contributed by atoms with Gasteiger partial charge in [-0.1, -0.05) is 5.16 Å². The van der Waals surface area contributed by atoms with E-state index in [1.165, 1.54) is 17.1 Å². The van der Waals surface area contributed by atoms with Crippen LogP contribution >= 0.6 is 23.1 Å². The highest BCUT2D eigenvalue weighted by Crippen LogP contribution is 2.20. The molecule has 0 spiro atoms. The maximum Gasteiger partial charge on any atom is 0.228 e. The van der Waals surface area contributed by atoms with E-state index in [0.29, 0.717) is 17.8 Å². The maximum absolute atomic E-state index is 5.26. The van der Waals surface area contributed by atoms with Gasteiger partial charge in [0.1, 0.15) is 0 Å². The lowest BCUT2D eigenvalue weighted by Gasteiger charge is -2.21. The van der Waals surface area contributed by atoms with Gasteiger partial charge in [-0.2, -0.15) is 16.7 Å². The van der Waals surface area contributed by atoms with Crippen LogP contribution in [0.3, 0.4) is 0 Å². The smallest absolute Gasteiger partial charge is 0.228 e. The summed E-state index contributed by atoms with van der Waals surface area (Å²) in [6.45, 7) is 1.06. The summed E-state index contributed by atoms with van der Waals surface area (Å²) in [6, 6.07) is 0.448. The van der Waals surface area contributed by atoms with E-state index in [-0.39, 0.29) is 0 Å². The fourth-order valence-corrected chi connectivity index (χ4v) is 3.22. The van der Waals surface area contributed by atoms with E-state index in [2.05, 4.69) is 20.4 Å². The van der Waals surface area contributed by atoms with Gasteiger partial charge in [-0.3, -0.25) is 4.98 Å². The molecule has 1 aliphatic heterocycles. The van der Waals surface area contributed by atoms with Crippen LogP contribution in [0.15, 0.2) is 16.2 Å². The molecular formula is C10H12N4OS2. The van der Waals surface area contributed by atoms with E-state index in [4.69, 9.17) is 4.52 Å². The third-order valence-electron chi connectivity index (χ3n) is 2.54. The summed E-state index contributed by atoms with van der Waals surface area (Å²) in [5.41, 5.74) is 1.77. The van der Waals surface area contributed by atoms with Crippen LogP contribution in [-0.2, 0) is 6.42 Å². The Hall–Kier alpha value is -0.920. The Balaban J connectivity index is 1.68. The molecule has 1 atom stereocenters. The van der Waals surface area contributed by atoms with Gasteiger partial charge in [-0.15, -0.1) is 11.3 Å². The van der Waals surface area contributed by atoms with Crippen molar-refractivity contribution in [2.24, 2.45) is 0 Å². The number of hydrogen-bond acceptors (Lipinski definition) is 7. The zero-order valence-electron chi connectivity index (χ0n) is 9.13. The SMILES string of the molecule is c1ncc(-c2noc(CC3CSCCN3)n2)s1. The van der Waals surface area contributed by atoms with Gasteiger partial charge < -0.3 is 9.84 Å². The Labute approximate surface area is 107 Å². The van der Waals surface area contributed by atoms with Gasteiger partial charge in [0, 0.05) is 36.7 Å². The lowest BCUT2D eigenvalue weighted by molar-refractivity contribution is 0.363. The summed E-state index contributed by atoms with van der Waals surface area (Å²) in [6.07, 6.45) is 2.56. The minimum absolute atomic E-state index is 0.448. The molecule has 0 saturated carbocycles. The van der Waals surface area contributed by atoms with Gasteiger partial charge in [0.25, 0.3) is 0 Å². The van der Waals surface area contributed by atoms with Crippen molar-refractivity contribution >= 4 is 23.1 Å². The number of thiazole rings is 1. The average Bonchev–Trinajstić information content (AvgIpc) is 3.00. The van der Waals surface area contributed by atoms with Gasteiger partial charge in [0.15, 0.2) is 0 Å². The standard InChI is InChI=1S/C10H12N4OS2/c1-2-16-5-7(12-1)3-9-13-10(14-15-9)8-4-11-6-17-8/h4,6-7,12H,1-3,5H2. The van der Waals surface area contributed by atoms with E-state index in [9.17, 15) is 0 Å². The van der Waals surface area contributed by atoms with Gasteiger partial charge in [-0.05, 0) is 0 Å². The zero-order valence-corrected chi connectivity index (χ0v) is 10.8. The summed E-state index contributed by atoms with van der Waals surface area (Å²) in [5.74, 6) is 3.64. The Morgan fingerprint density at radius 2 is 2.53 bits per heavy atom. The largest absolute Gasteiger partial charge is 0.339 e. The van der Waals surface area contributed by atoms with Crippen LogP contribution < -0.4 is 5.32 Å². The summed E-state index contributed by atoms with van der Waals surface area (Å²) < 4.78 is 5.26. The van der Waals surface area contributed by atoms with Crippen LogP contribution in [0.4, 0.5) is 0 Å². The first-order chi connectivity index (χ1) is 8.42. The van der Waals surface area contributed by atoms with Crippen molar-refractivity contribution in [1.29, 1.82) is 0 Å².